The van der Waals surface area contributed by atoms with Crippen LogP contribution in [0.1, 0.15) is 36.4 Å². The van der Waals surface area contributed by atoms with Gasteiger partial charge in [0.1, 0.15) is 5.75 Å². The van der Waals surface area contributed by atoms with Gasteiger partial charge in [0.2, 0.25) is 0 Å². The van der Waals surface area contributed by atoms with E-state index in [2.05, 4.69) is 11.4 Å². The Bertz CT molecular complexity index is 357. The van der Waals surface area contributed by atoms with Gasteiger partial charge >= 0.3 is 0 Å². The van der Waals surface area contributed by atoms with Crippen LogP contribution in [0.2, 0.25) is 0 Å². The summed E-state index contributed by atoms with van der Waals surface area (Å²) in [5, 5.41) is 12.9. The topological polar surface area (TPSA) is 32.3 Å². The van der Waals surface area contributed by atoms with Crippen molar-refractivity contribution in [3.8, 4) is 5.75 Å². The van der Waals surface area contributed by atoms with E-state index >= 15 is 0 Å². The standard InChI is InChI=1S/C12H15NO/c14-10-4-5-11-9(6-10)7-13-12(11)8-2-1-3-8/h4-6,8,12-14H,1-3,7H2. The molecule has 3 rings (SSSR count). The van der Waals surface area contributed by atoms with E-state index in [1.165, 1.54) is 30.4 Å². The lowest BCUT2D eigenvalue weighted by Gasteiger charge is -2.31. The monoisotopic (exact) mass is 189 g/mol. The maximum atomic E-state index is 9.36. The van der Waals surface area contributed by atoms with Crippen LogP contribution < -0.4 is 5.32 Å². The van der Waals surface area contributed by atoms with E-state index in [0.29, 0.717) is 11.8 Å². The van der Waals surface area contributed by atoms with E-state index in [1.54, 1.807) is 6.07 Å². The maximum Gasteiger partial charge on any atom is 0.115 e. The summed E-state index contributed by atoms with van der Waals surface area (Å²) in [5.41, 5.74) is 2.69. The van der Waals surface area contributed by atoms with E-state index in [-0.39, 0.29) is 0 Å². The molecule has 0 saturated heterocycles. The van der Waals surface area contributed by atoms with E-state index in [0.717, 1.165) is 12.5 Å². The number of hydrogen-bond donors (Lipinski definition) is 2. The van der Waals surface area contributed by atoms with Crippen molar-refractivity contribution in [1.82, 2.24) is 5.32 Å². The Hall–Kier alpha value is -1.02. The third kappa shape index (κ3) is 1.14. The summed E-state index contributed by atoms with van der Waals surface area (Å²) in [4.78, 5) is 0. The molecular weight excluding hydrogens is 174 g/mol. The minimum Gasteiger partial charge on any atom is -0.508 e. The van der Waals surface area contributed by atoms with Gasteiger partial charge in [0.05, 0.1) is 0 Å². The van der Waals surface area contributed by atoms with Crippen molar-refractivity contribution in [3.05, 3.63) is 29.3 Å². The SMILES string of the molecule is Oc1ccc2c(c1)CNC2C1CCC1. The molecule has 1 unspecified atom stereocenters. The fourth-order valence-corrected chi connectivity index (χ4v) is 2.57. The predicted octanol–water partition coefficient (Wildman–Crippen LogP) is 2.34. The van der Waals surface area contributed by atoms with Gasteiger partial charge in [-0.3, -0.25) is 0 Å². The molecule has 2 heteroatoms. The van der Waals surface area contributed by atoms with Crippen LogP contribution in [0.15, 0.2) is 18.2 Å². The lowest BCUT2D eigenvalue weighted by Crippen LogP contribution is -2.26. The Labute approximate surface area is 84.0 Å². The molecule has 1 atom stereocenters. The Morgan fingerprint density at radius 3 is 2.86 bits per heavy atom. The second-order valence-corrected chi connectivity index (χ2v) is 4.43. The average molecular weight is 189 g/mol. The molecular formula is C12H15NO. The van der Waals surface area contributed by atoms with Gasteiger partial charge in [-0.15, -0.1) is 0 Å². The first-order valence-electron chi connectivity index (χ1n) is 5.40. The van der Waals surface area contributed by atoms with Gasteiger partial charge in [-0.2, -0.15) is 0 Å². The molecule has 1 aromatic rings. The number of rotatable bonds is 1. The zero-order valence-electron chi connectivity index (χ0n) is 8.16. The number of hydrogen-bond acceptors (Lipinski definition) is 2. The third-order valence-corrected chi connectivity index (χ3v) is 3.60. The van der Waals surface area contributed by atoms with Gasteiger partial charge in [0, 0.05) is 12.6 Å². The highest BCUT2D eigenvalue weighted by molar-refractivity contribution is 5.40. The van der Waals surface area contributed by atoms with E-state index < -0.39 is 0 Å². The first kappa shape index (κ1) is 8.30. The van der Waals surface area contributed by atoms with Gasteiger partial charge < -0.3 is 10.4 Å². The summed E-state index contributed by atoms with van der Waals surface area (Å²) in [5.74, 6) is 1.22. The van der Waals surface area contributed by atoms with Crippen molar-refractivity contribution < 1.29 is 5.11 Å². The maximum absolute atomic E-state index is 9.36. The van der Waals surface area contributed by atoms with Crippen LogP contribution in [0, 0.1) is 5.92 Å². The number of phenolic OH excluding ortho intramolecular Hbond substituents is 1. The summed E-state index contributed by atoms with van der Waals surface area (Å²) in [6, 6.07) is 6.32. The lowest BCUT2D eigenvalue weighted by molar-refractivity contribution is 0.240. The highest BCUT2D eigenvalue weighted by Crippen LogP contribution is 2.42. The van der Waals surface area contributed by atoms with Crippen molar-refractivity contribution >= 4 is 0 Å². The molecule has 1 aromatic carbocycles. The number of fused-ring (bicyclic) bond motifs is 1. The van der Waals surface area contributed by atoms with Crippen LogP contribution in [-0.4, -0.2) is 5.11 Å². The molecule has 0 spiro atoms. The summed E-state index contributed by atoms with van der Waals surface area (Å²) in [6.07, 6.45) is 4.10. The summed E-state index contributed by atoms with van der Waals surface area (Å²) < 4.78 is 0. The van der Waals surface area contributed by atoms with Crippen molar-refractivity contribution in [3.63, 3.8) is 0 Å². The molecule has 0 bridgehead atoms. The minimum absolute atomic E-state index is 0.389. The first-order valence-corrected chi connectivity index (χ1v) is 5.40. The van der Waals surface area contributed by atoms with Gasteiger partial charge in [0.15, 0.2) is 0 Å². The van der Waals surface area contributed by atoms with Crippen molar-refractivity contribution in [2.75, 3.05) is 0 Å². The fraction of sp³-hybridized carbons (Fsp3) is 0.500. The Kier molecular flexibility index (Phi) is 1.77. The van der Waals surface area contributed by atoms with Gasteiger partial charge in [0.25, 0.3) is 0 Å². The Morgan fingerprint density at radius 2 is 2.14 bits per heavy atom. The predicted molar refractivity (Wildman–Crippen MR) is 55.0 cm³/mol. The summed E-state index contributed by atoms with van der Waals surface area (Å²) >= 11 is 0. The van der Waals surface area contributed by atoms with E-state index in [1.807, 2.05) is 6.07 Å². The van der Waals surface area contributed by atoms with Crippen LogP contribution in [0.3, 0.4) is 0 Å². The second kappa shape index (κ2) is 2.99. The normalized spacial score (nSPS) is 25.9. The number of nitrogens with one attached hydrogen (secondary N) is 1. The highest BCUT2D eigenvalue weighted by Gasteiger charge is 2.32. The number of phenols is 1. The molecule has 2 N–H and O–H groups in total. The largest absolute Gasteiger partial charge is 0.508 e. The number of benzene rings is 1. The Morgan fingerprint density at radius 1 is 1.29 bits per heavy atom. The Balaban J connectivity index is 1.93. The molecule has 1 aliphatic carbocycles. The quantitative estimate of drug-likeness (QED) is 0.710. The molecule has 1 heterocycles. The summed E-state index contributed by atoms with van der Waals surface area (Å²) in [6.45, 7) is 0.922. The highest BCUT2D eigenvalue weighted by atomic mass is 16.3. The molecule has 2 aliphatic rings. The summed E-state index contributed by atoms with van der Waals surface area (Å²) in [7, 11) is 0. The van der Waals surface area contributed by atoms with Crippen molar-refractivity contribution in [2.24, 2.45) is 5.92 Å². The molecule has 1 fully saturated rings. The van der Waals surface area contributed by atoms with E-state index in [9.17, 15) is 5.11 Å². The molecule has 2 nitrogen and oxygen atoms in total. The molecule has 14 heavy (non-hydrogen) atoms. The second-order valence-electron chi connectivity index (χ2n) is 4.43. The number of aromatic hydroxyl groups is 1. The van der Waals surface area contributed by atoms with Crippen LogP contribution in [0.5, 0.6) is 5.75 Å². The smallest absolute Gasteiger partial charge is 0.115 e. The molecule has 0 amide bonds. The van der Waals surface area contributed by atoms with Gasteiger partial charge in [-0.25, -0.2) is 0 Å². The lowest BCUT2D eigenvalue weighted by atomic mass is 9.77. The molecule has 1 saturated carbocycles. The van der Waals surface area contributed by atoms with Gasteiger partial charge in [-0.05, 0) is 42.0 Å². The van der Waals surface area contributed by atoms with Crippen LogP contribution in [0.4, 0.5) is 0 Å². The average Bonchev–Trinajstić information content (AvgIpc) is 2.45. The molecule has 0 aromatic heterocycles. The fourth-order valence-electron chi connectivity index (χ4n) is 2.57. The zero-order chi connectivity index (χ0) is 9.54. The third-order valence-electron chi connectivity index (χ3n) is 3.60. The van der Waals surface area contributed by atoms with Crippen LogP contribution in [-0.2, 0) is 6.54 Å². The minimum atomic E-state index is 0.389. The van der Waals surface area contributed by atoms with Crippen LogP contribution >= 0.6 is 0 Å². The first-order chi connectivity index (χ1) is 6.84. The molecule has 74 valence electrons. The van der Waals surface area contributed by atoms with Crippen LogP contribution in [0.25, 0.3) is 0 Å². The van der Waals surface area contributed by atoms with E-state index in [4.69, 9.17) is 0 Å². The van der Waals surface area contributed by atoms with Gasteiger partial charge in [-0.1, -0.05) is 12.5 Å². The molecule has 1 aliphatic heterocycles. The molecule has 0 radical (unpaired) electrons. The van der Waals surface area contributed by atoms with Crippen molar-refractivity contribution in [1.29, 1.82) is 0 Å². The van der Waals surface area contributed by atoms with Crippen molar-refractivity contribution in [2.45, 2.75) is 31.8 Å². The zero-order valence-corrected chi connectivity index (χ0v) is 8.16.